The van der Waals surface area contributed by atoms with E-state index >= 15 is 0 Å². The van der Waals surface area contributed by atoms with E-state index in [9.17, 15) is 14.0 Å². The van der Waals surface area contributed by atoms with Crippen LogP contribution in [0.1, 0.15) is 29.7 Å². The summed E-state index contributed by atoms with van der Waals surface area (Å²) < 4.78 is 28.2. The lowest BCUT2D eigenvalue weighted by Crippen LogP contribution is -2.39. The largest absolute Gasteiger partial charge is 0.486 e. The Bertz CT molecular complexity index is 1770. The number of carbonyl (C=O) groups is 1. The van der Waals surface area contributed by atoms with Gasteiger partial charge in [-0.15, -0.1) is 0 Å². The molecular weight excluding hydrogens is 651 g/mol. The zero-order chi connectivity index (χ0) is 27.7. The summed E-state index contributed by atoms with van der Waals surface area (Å²) in [5.74, 6) is -0.353. The van der Waals surface area contributed by atoms with E-state index < -0.39 is 12.0 Å². The molecule has 0 fully saturated rings. The molecule has 1 aliphatic heterocycles. The number of benzene rings is 3. The van der Waals surface area contributed by atoms with E-state index in [0.29, 0.717) is 40.9 Å². The molecule has 10 heteroatoms. The Kier molecular flexibility index (Phi) is 7.97. The van der Waals surface area contributed by atoms with Gasteiger partial charge in [0.15, 0.2) is 4.80 Å². The maximum atomic E-state index is 14.0. The van der Waals surface area contributed by atoms with Crippen LogP contribution in [-0.4, -0.2) is 17.6 Å². The van der Waals surface area contributed by atoms with Crippen LogP contribution < -0.4 is 19.6 Å². The molecule has 6 nitrogen and oxygen atoms in total. The first-order chi connectivity index (χ1) is 18.8. The highest BCUT2D eigenvalue weighted by molar-refractivity contribution is 9.11. The fourth-order valence-electron chi connectivity index (χ4n) is 4.36. The van der Waals surface area contributed by atoms with Crippen molar-refractivity contribution in [2.45, 2.75) is 19.6 Å². The summed E-state index contributed by atoms with van der Waals surface area (Å²) in [6, 6.07) is 18.8. The number of halogens is 3. The monoisotopic (exact) mass is 670 g/mol. The van der Waals surface area contributed by atoms with Crippen LogP contribution >= 0.6 is 43.2 Å². The van der Waals surface area contributed by atoms with Gasteiger partial charge in [0.25, 0.3) is 5.56 Å². The minimum Gasteiger partial charge on any atom is -0.486 e. The molecule has 4 aromatic rings. The Balaban J connectivity index is 1.55. The summed E-state index contributed by atoms with van der Waals surface area (Å²) in [6.45, 7) is 1.80. The van der Waals surface area contributed by atoms with Gasteiger partial charge in [-0.25, -0.2) is 14.2 Å². The highest BCUT2D eigenvalue weighted by atomic mass is 79.9. The quantitative estimate of drug-likeness (QED) is 0.249. The smallest absolute Gasteiger partial charge is 0.338 e. The van der Waals surface area contributed by atoms with Gasteiger partial charge < -0.3 is 9.47 Å². The van der Waals surface area contributed by atoms with Crippen LogP contribution in [0.2, 0.25) is 0 Å². The van der Waals surface area contributed by atoms with Gasteiger partial charge in [-0.2, -0.15) is 0 Å². The maximum Gasteiger partial charge on any atom is 0.338 e. The number of ether oxygens (including phenoxy) is 2. The number of rotatable bonds is 6. The number of hydrogen-bond acceptors (Lipinski definition) is 6. The number of esters is 1. The van der Waals surface area contributed by atoms with Crippen molar-refractivity contribution in [1.82, 2.24) is 4.57 Å². The van der Waals surface area contributed by atoms with E-state index in [4.69, 9.17) is 9.47 Å². The average molecular weight is 672 g/mol. The Labute approximate surface area is 244 Å². The number of carbonyl (C=O) groups excluding carboxylic acids is 1. The van der Waals surface area contributed by atoms with Crippen LogP contribution in [0.25, 0.3) is 6.08 Å². The molecule has 1 atom stereocenters. The first-order valence-corrected chi connectivity index (χ1v) is 14.2. The van der Waals surface area contributed by atoms with Crippen LogP contribution in [0.4, 0.5) is 4.39 Å². The van der Waals surface area contributed by atoms with Gasteiger partial charge in [0.05, 0.1) is 37.9 Å². The van der Waals surface area contributed by atoms with Gasteiger partial charge in [0, 0.05) is 5.56 Å². The first kappa shape index (κ1) is 27.2. The highest BCUT2D eigenvalue weighted by Crippen LogP contribution is 2.36. The molecule has 0 N–H and O–H groups in total. The maximum absolute atomic E-state index is 14.0. The molecule has 0 saturated carbocycles. The van der Waals surface area contributed by atoms with Gasteiger partial charge in [-0.3, -0.25) is 9.36 Å². The molecule has 0 bridgehead atoms. The fraction of sp³-hybridized carbons (Fsp3) is 0.138. The Morgan fingerprint density at radius 2 is 1.77 bits per heavy atom. The molecule has 198 valence electrons. The summed E-state index contributed by atoms with van der Waals surface area (Å²) in [4.78, 5) is 31.5. The molecule has 5 rings (SSSR count). The lowest BCUT2D eigenvalue weighted by atomic mass is 9.96. The third-order valence-electron chi connectivity index (χ3n) is 6.19. The summed E-state index contributed by atoms with van der Waals surface area (Å²) in [5, 5.41) is 0. The summed E-state index contributed by atoms with van der Waals surface area (Å²) in [6.07, 6.45) is 1.76. The molecule has 0 saturated heterocycles. The second-order valence-corrected chi connectivity index (χ2v) is 11.4. The lowest BCUT2D eigenvalue weighted by Gasteiger charge is -2.24. The molecule has 0 amide bonds. The predicted molar refractivity (Wildman–Crippen MR) is 155 cm³/mol. The number of hydrogen-bond donors (Lipinski definition) is 0. The van der Waals surface area contributed by atoms with Gasteiger partial charge in [0.2, 0.25) is 0 Å². The van der Waals surface area contributed by atoms with Crippen molar-refractivity contribution in [3.8, 4) is 5.75 Å². The second kappa shape index (κ2) is 11.4. The number of aromatic nitrogens is 1. The molecule has 0 radical (unpaired) electrons. The van der Waals surface area contributed by atoms with Crippen molar-refractivity contribution in [3.05, 3.63) is 129 Å². The molecule has 1 unspecified atom stereocenters. The molecule has 1 aromatic heterocycles. The Morgan fingerprint density at radius 1 is 1.10 bits per heavy atom. The van der Waals surface area contributed by atoms with Crippen LogP contribution in [0, 0.1) is 5.82 Å². The van der Waals surface area contributed by atoms with Gasteiger partial charge in [0.1, 0.15) is 18.2 Å². The Hall–Kier alpha value is -3.34. The van der Waals surface area contributed by atoms with Crippen molar-refractivity contribution < 1.29 is 18.7 Å². The molecule has 1 aliphatic rings. The third-order valence-corrected chi connectivity index (χ3v) is 8.35. The minimum atomic E-state index is -0.662. The zero-order valence-electron chi connectivity index (χ0n) is 20.8. The third kappa shape index (κ3) is 5.41. The SMILES string of the molecule is COC(=O)C1=C(C)N=c2sc(=Cc3cc(Br)c(OCc4ccccc4F)c(Br)c3)c(=O)n2C1c1ccccc1. The summed E-state index contributed by atoms with van der Waals surface area (Å²) in [5.41, 5.74) is 2.51. The lowest BCUT2D eigenvalue weighted by molar-refractivity contribution is -0.136. The van der Waals surface area contributed by atoms with Crippen LogP contribution in [0.15, 0.2) is 96.7 Å². The number of nitrogens with zero attached hydrogens (tertiary/aromatic N) is 2. The molecule has 0 aliphatic carbocycles. The van der Waals surface area contributed by atoms with Crippen molar-refractivity contribution in [3.63, 3.8) is 0 Å². The number of fused-ring (bicyclic) bond motifs is 1. The van der Waals surface area contributed by atoms with Crippen LogP contribution in [0.3, 0.4) is 0 Å². The van der Waals surface area contributed by atoms with Crippen molar-refractivity contribution in [1.29, 1.82) is 0 Å². The molecule has 0 spiro atoms. The molecule has 2 heterocycles. The van der Waals surface area contributed by atoms with E-state index in [0.717, 1.165) is 11.1 Å². The fourth-order valence-corrected chi connectivity index (χ4v) is 6.86. The molecular formula is C29H21Br2FN2O4S. The molecule has 39 heavy (non-hydrogen) atoms. The van der Waals surface area contributed by atoms with Gasteiger partial charge in [-0.05, 0) is 74.2 Å². The summed E-state index contributed by atoms with van der Waals surface area (Å²) in [7, 11) is 1.31. The number of thiazole rings is 1. The van der Waals surface area contributed by atoms with Crippen molar-refractivity contribution in [2.24, 2.45) is 4.99 Å². The highest BCUT2D eigenvalue weighted by Gasteiger charge is 2.32. The average Bonchev–Trinajstić information content (AvgIpc) is 3.22. The van der Waals surface area contributed by atoms with Gasteiger partial charge >= 0.3 is 5.97 Å². The van der Waals surface area contributed by atoms with E-state index in [1.165, 1.54) is 24.5 Å². The Morgan fingerprint density at radius 3 is 2.44 bits per heavy atom. The number of allylic oxidation sites excluding steroid dienone is 1. The zero-order valence-corrected chi connectivity index (χ0v) is 24.8. The van der Waals surface area contributed by atoms with Crippen molar-refractivity contribution in [2.75, 3.05) is 7.11 Å². The predicted octanol–water partition coefficient (Wildman–Crippen LogP) is 5.65. The van der Waals surface area contributed by atoms with E-state index in [1.807, 2.05) is 42.5 Å². The normalized spacial score (nSPS) is 15.1. The second-order valence-electron chi connectivity index (χ2n) is 8.68. The van der Waals surface area contributed by atoms with Crippen LogP contribution in [-0.2, 0) is 16.1 Å². The van der Waals surface area contributed by atoms with Crippen LogP contribution in [0.5, 0.6) is 5.75 Å². The van der Waals surface area contributed by atoms with Crippen molar-refractivity contribution >= 4 is 55.2 Å². The van der Waals surface area contributed by atoms with E-state index in [-0.39, 0.29) is 18.0 Å². The number of methoxy groups -OCH3 is 1. The topological polar surface area (TPSA) is 69.9 Å². The molecule has 3 aromatic carbocycles. The standard InChI is InChI=1S/C29H21Br2FN2O4S/c1-16-24(28(36)37-2)25(18-8-4-3-5-9-18)34-27(35)23(39-29(34)33-16)14-17-12-20(30)26(21(31)13-17)38-15-19-10-6-7-11-22(19)32/h3-14,25H,15H2,1-2H3. The summed E-state index contributed by atoms with van der Waals surface area (Å²) >= 11 is 8.31. The van der Waals surface area contributed by atoms with Gasteiger partial charge in [-0.1, -0.05) is 59.9 Å². The van der Waals surface area contributed by atoms with E-state index in [2.05, 4.69) is 36.9 Å². The first-order valence-electron chi connectivity index (χ1n) is 11.8. The van der Waals surface area contributed by atoms with E-state index in [1.54, 1.807) is 35.8 Å². The minimum absolute atomic E-state index is 0.0587.